The molecule has 3 N–H and O–H groups in total. The summed E-state index contributed by atoms with van der Waals surface area (Å²) in [6.07, 6.45) is 0.548. The number of carboxylic acid groups (broad SMARTS) is 1. The van der Waals surface area contributed by atoms with Gasteiger partial charge in [0.2, 0.25) is 0 Å². The minimum Gasteiger partial charge on any atom is -0.478 e. The molecule has 1 unspecified atom stereocenters. The Labute approximate surface area is 168 Å². The number of aliphatic hydroxyl groups excluding tert-OH is 1. The van der Waals surface area contributed by atoms with Crippen molar-refractivity contribution in [2.45, 2.75) is 24.8 Å². The molecule has 7 nitrogen and oxygen atoms in total. The standard InChI is InChI=1S/C21H20N2O5S/c1-13-9-10-15(20(24)17-7-3-4-11-22-17)12-18(13)23-29(27,28)19-8-5-6-16(14(19)2)21(25)26/h3-12,20,23-24H,1-2H3,(H,25,26). The number of carbonyl (C=O) groups is 1. The van der Waals surface area contributed by atoms with E-state index in [4.69, 9.17) is 0 Å². The summed E-state index contributed by atoms with van der Waals surface area (Å²) in [5, 5.41) is 19.8. The summed E-state index contributed by atoms with van der Waals surface area (Å²) in [5.74, 6) is -1.20. The normalized spacial score (nSPS) is 12.4. The van der Waals surface area contributed by atoms with Crippen LogP contribution in [0.2, 0.25) is 0 Å². The zero-order chi connectivity index (χ0) is 21.2. The van der Waals surface area contributed by atoms with Crippen LogP contribution in [0.4, 0.5) is 5.69 Å². The van der Waals surface area contributed by atoms with E-state index in [0.717, 1.165) is 0 Å². The van der Waals surface area contributed by atoms with E-state index < -0.39 is 22.1 Å². The number of rotatable bonds is 6. The minimum atomic E-state index is -4.04. The first-order valence-corrected chi connectivity index (χ1v) is 10.2. The first kappa shape index (κ1) is 20.5. The maximum absolute atomic E-state index is 12.9. The monoisotopic (exact) mass is 412 g/mol. The van der Waals surface area contributed by atoms with Crippen LogP contribution in [0.15, 0.2) is 65.7 Å². The quantitative estimate of drug-likeness (QED) is 0.572. The van der Waals surface area contributed by atoms with Gasteiger partial charge in [-0.15, -0.1) is 0 Å². The fourth-order valence-electron chi connectivity index (χ4n) is 2.97. The Balaban J connectivity index is 1.98. The van der Waals surface area contributed by atoms with Crippen LogP contribution in [0.1, 0.15) is 38.8 Å². The van der Waals surface area contributed by atoms with Crippen molar-refractivity contribution in [3.05, 3.63) is 88.7 Å². The van der Waals surface area contributed by atoms with Gasteiger partial charge in [0.25, 0.3) is 10.0 Å². The number of anilines is 1. The van der Waals surface area contributed by atoms with Gasteiger partial charge >= 0.3 is 5.97 Å². The van der Waals surface area contributed by atoms with E-state index in [1.807, 2.05) is 0 Å². The van der Waals surface area contributed by atoms with Crippen molar-refractivity contribution in [1.29, 1.82) is 0 Å². The predicted molar refractivity (Wildman–Crippen MR) is 108 cm³/mol. The topological polar surface area (TPSA) is 117 Å². The number of aromatic carboxylic acids is 1. The summed E-state index contributed by atoms with van der Waals surface area (Å²) >= 11 is 0. The van der Waals surface area contributed by atoms with Crippen molar-refractivity contribution in [1.82, 2.24) is 4.98 Å². The Hall–Kier alpha value is -3.23. The number of aliphatic hydroxyl groups is 1. The Morgan fingerprint density at radius 1 is 1.07 bits per heavy atom. The number of aromatic nitrogens is 1. The number of carboxylic acids is 1. The zero-order valence-electron chi connectivity index (χ0n) is 15.8. The lowest BCUT2D eigenvalue weighted by Crippen LogP contribution is -2.17. The molecular weight excluding hydrogens is 392 g/mol. The lowest BCUT2D eigenvalue weighted by molar-refractivity contribution is 0.0695. The number of aryl methyl sites for hydroxylation is 1. The molecule has 0 bridgehead atoms. The summed E-state index contributed by atoms with van der Waals surface area (Å²) in [4.78, 5) is 15.3. The average Bonchev–Trinajstić information content (AvgIpc) is 2.69. The van der Waals surface area contributed by atoms with Crippen molar-refractivity contribution in [2.24, 2.45) is 0 Å². The van der Waals surface area contributed by atoms with Crippen molar-refractivity contribution >= 4 is 21.7 Å². The SMILES string of the molecule is Cc1ccc(C(O)c2ccccn2)cc1NS(=O)(=O)c1cccc(C(=O)O)c1C. The van der Waals surface area contributed by atoms with Crippen LogP contribution in [0.25, 0.3) is 0 Å². The van der Waals surface area contributed by atoms with E-state index in [1.54, 1.807) is 49.5 Å². The number of nitrogens with zero attached hydrogens (tertiary/aromatic N) is 1. The van der Waals surface area contributed by atoms with Gasteiger partial charge in [-0.1, -0.05) is 24.3 Å². The van der Waals surface area contributed by atoms with Crippen molar-refractivity contribution in [2.75, 3.05) is 4.72 Å². The Kier molecular flexibility index (Phi) is 5.67. The molecule has 0 amide bonds. The third-order valence-corrected chi connectivity index (χ3v) is 6.10. The second kappa shape index (κ2) is 8.02. The molecule has 150 valence electrons. The molecule has 29 heavy (non-hydrogen) atoms. The van der Waals surface area contributed by atoms with Gasteiger partial charge in [-0.2, -0.15) is 0 Å². The first-order chi connectivity index (χ1) is 13.7. The van der Waals surface area contributed by atoms with Gasteiger partial charge < -0.3 is 10.2 Å². The van der Waals surface area contributed by atoms with Gasteiger partial charge in [0, 0.05) is 6.20 Å². The second-order valence-electron chi connectivity index (χ2n) is 6.57. The Morgan fingerprint density at radius 2 is 1.83 bits per heavy atom. The highest BCUT2D eigenvalue weighted by Gasteiger charge is 2.22. The molecule has 0 spiro atoms. The van der Waals surface area contributed by atoms with E-state index in [9.17, 15) is 23.4 Å². The number of hydrogen-bond donors (Lipinski definition) is 3. The maximum atomic E-state index is 12.9. The predicted octanol–water partition coefficient (Wildman–Crippen LogP) is 3.28. The van der Waals surface area contributed by atoms with Crippen LogP contribution in [0.5, 0.6) is 0 Å². The first-order valence-electron chi connectivity index (χ1n) is 8.76. The minimum absolute atomic E-state index is 0.0797. The molecule has 0 saturated carbocycles. The average molecular weight is 412 g/mol. The zero-order valence-corrected chi connectivity index (χ0v) is 16.6. The fraction of sp³-hybridized carbons (Fsp3) is 0.143. The van der Waals surface area contributed by atoms with E-state index in [-0.39, 0.29) is 21.7 Å². The van der Waals surface area contributed by atoms with Crippen LogP contribution in [-0.4, -0.2) is 29.6 Å². The molecule has 8 heteroatoms. The fourth-order valence-corrected chi connectivity index (χ4v) is 4.36. The molecule has 1 aromatic heterocycles. The Bertz CT molecular complexity index is 1160. The number of sulfonamides is 1. The smallest absolute Gasteiger partial charge is 0.335 e. The molecule has 0 aliphatic carbocycles. The van der Waals surface area contributed by atoms with E-state index in [0.29, 0.717) is 16.8 Å². The number of nitrogens with one attached hydrogen (secondary N) is 1. The van der Waals surface area contributed by atoms with E-state index in [2.05, 4.69) is 9.71 Å². The lowest BCUT2D eigenvalue weighted by Gasteiger charge is -2.16. The molecule has 3 aromatic rings. The molecule has 1 atom stereocenters. The lowest BCUT2D eigenvalue weighted by atomic mass is 10.0. The Morgan fingerprint density at radius 3 is 2.48 bits per heavy atom. The van der Waals surface area contributed by atoms with Crippen LogP contribution in [0, 0.1) is 13.8 Å². The maximum Gasteiger partial charge on any atom is 0.335 e. The van der Waals surface area contributed by atoms with Gasteiger partial charge in [-0.3, -0.25) is 9.71 Å². The van der Waals surface area contributed by atoms with Crippen molar-refractivity contribution in [3.8, 4) is 0 Å². The highest BCUT2D eigenvalue weighted by atomic mass is 32.2. The molecule has 2 aromatic carbocycles. The number of hydrogen-bond acceptors (Lipinski definition) is 5. The van der Waals surface area contributed by atoms with Crippen molar-refractivity contribution < 1.29 is 23.4 Å². The number of benzene rings is 2. The molecule has 0 fully saturated rings. The van der Waals surface area contributed by atoms with Gasteiger partial charge in [0.05, 0.1) is 21.8 Å². The molecule has 0 aliphatic heterocycles. The van der Waals surface area contributed by atoms with Gasteiger partial charge in [-0.25, -0.2) is 13.2 Å². The largest absolute Gasteiger partial charge is 0.478 e. The molecule has 3 rings (SSSR count). The highest BCUT2D eigenvalue weighted by Crippen LogP contribution is 2.28. The third-order valence-electron chi connectivity index (χ3n) is 4.59. The van der Waals surface area contributed by atoms with Crippen LogP contribution >= 0.6 is 0 Å². The van der Waals surface area contributed by atoms with E-state index >= 15 is 0 Å². The molecule has 0 saturated heterocycles. The van der Waals surface area contributed by atoms with Gasteiger partial charge in [-0.05, 0) is 60.9 Å². The van der Waals surface area contributed by atoms with Crippen LogP contribution in [0.3, 0.4) is 0 Å². The summed E-state index contributed by atoms with van der Waals surface area (Å²) < 4.78 is 28.3. The summed E-state index contributed by atoms with van der Waals surface area (Å²) in [5.41, 5.74) is 1.92. The molecular formula is C21H20N2O5S. The van der Waals surface area contributed by atoms with Crippen molar-refractivity contribution in [3.63, 3.8) is 0 Å². The van der Waals surface area contributed by atoms with E-state index in [1.165, 1.54) is 25.1 Å². The summed E-state index contributed by atoms with van der Waals surface area (Å²) in [6.45, 7) is 3.18. The van der Waals surface area contributed by atoms with Crippen LogP contribution < -0.4 is 4.72 Å². The summed E-state index contributed by atoms with van der Waals surface area (Å²) in [6, 6.07) is 14.2. The van der Waals surface area contributed by atoms with Gasteiger partial charge in [0.1, 0.15) is 6.10 Å². The molecule has 1 heterocycles. The van der Waals surface area contributed by atoms with Crippen LogP contribution in [-0.2, 0) is 10.0 Å². The molecule has 0 radical (unpaired) electrons. The summed E-state index contributed by atoms with van der Waals surface area (Å²) in [7, 11) is -4.04. The third kappa shape index (κ3) is 4.28. The van der Waals surface area contributed by atoms with Gasteiger partial charge in [0.15, 0.2) is 0 Å². The molecule has 0 aliphatic rings. The number of pyridine rings is 1. The highest BCUT2D eigenvalue weighted by molar-refractivity contribution is 7.92. The second-order valence-corrected chi connectivity index (χ2v) is 8.22.